The Labute approximate surface area is 156 Å². The van der Waals surface area contributed by atoms with Crippen molar-refractivity contribution in [3.05, 3.63) is 22.1 Å². The van der Waals surface area contributed by atoms with Gasteiger partial charge in [-0.2, -0.15) is 0 Å². The summed E-state index contributed by atoms with van der Waals surface area (Å²) in [5.41, 5.74) is 10.9. The zero-order valence-electron chi connectivity index (χ0n) is 16.1. The molecule has 1 saturated heterocycles. The summed E-state index contributed by atoms with van der Waals surface area (Å²) in [6.07, 6.45) is 11.7. The quantitative estimate of drug-likeness (QED) is 0.274. The van der Waals surface area contributed by atoms with Gasteiger partial charge in [0.25, 0.3) is 0 Å². The SMILES string of the molecule is C[C@]12CCC(N=[N+]=[N-])CC1=CC[C@@H]1[C@@H]2CC[C@@]2(C)[C@H]1CCC21OCCO1. The van der Waals surface area contributed by atoms with Gasteiger partial charge in [-0.1, -0.05) is 30.6 Å². The van der Waals surface area contributed by atoms with Crippen LogP contribution in [0.15, 0.2) is 16.8 Å². The summed E-state index contributed by atoms with van der Waals surface area (Å²) in [4.78, 5) is 3.06. The average Bonchev–Trinajstić information content (AvgIpc) is 3.22. The Hall–Kier alpha value is -1.03. The molecule has 1 heterocycles. The molecule has 5 aliphatic rings. The standard InChI is InChI=1S/C21H31N3O2/c1-19-8-5-15(23-24-22)13-14(19)3-4-16-17(19)6-9-20(2)18(16)7-10-21(20)25-11-12-26-21/h3,15-18H,4-13H2,1-2H3/t15?,16-,17+,18+,19+,20+/m1/s1. The van der Waals surface area contributed by atoms with E-state index in [-0.39, 0.29) is 17.2 Å². The molecule has 4 fully saturated rings. The highest BCUT2D eigenvalue weighted by Crippen LogP contribution is 2.68. The van der Waals surface area contributed by atoms with Gasteiger partial charge in [-0.05, 0) is 73.6 Å². The predicted octanol–water partition coefficient (Wildman–Crippen LogP) is 5.37. The topological polar surface area (TPSA) is 67.2 Å². The number of fused-ring (bicyclic) bond motifs is 6. The smallest absolute Gasteiger partial charge is 0.174 e. The lowest BCUT2D eigenvalue weighted by Gasteiger charge is -2.58. The van der Waals surface area contributed by atoms with Crippen LogP contribution in [0.25, 0.3) is 10.4 Å². The van der Waals surface area contributed by atoms with Crippen LogP contribution in [0.2, 0.25) is 0 Å². The predicted molar refractivity (Wildman–Crippen MR) is 99.3 cm³/mol. The zero-order valence-corrected chi connectivity index (χ0v) is 16.1. The van der Waals surface area contributed by atoms with Gasteiger partial charge in [0.05, 0.1) is 13.2 Å². The molecule has 0 amide bonds. The van der Waals surface area contributed by atoms with Gasteiger partial charge in [0, 0.05) is 22.8 Å². The minimum Gasteiger partial charge on any atom is -0.347 e. The van der Waals surface area contributed by atoms with Crippen molar-refractivity contribution >= 4 is 0 Å². The molecular weight excluding hydrogens is 326 g/mol. The fourth-order valence-electron chi connectivity index (χ4n) is 7.70. The second-order valence-electron chi connectivity index (χ2n) is 9.81. The Balaban J connectivity index is 1.45. The third kappa shape index (κ3) is 2.08. The lowest BCUT2D eigenvalue weighted by molar-refractivity contribution is -0.242. The number of allylic oxidation sites excluding steroid dienone is 1. The van der Waals surface area contributed by atoms with E-state index in [2.05, 4.69) is 29.9 Å². The molecule has 1 spiro atoms. The van der Waals surface area contributed by atoms with Crippen molar-refractivity contribution in [3.63, 3.8) is 0 Å². The minimum absolute atomic E-state index is 0.166. The highest BCUT2D eigenvalue weighted by Gasteiger charge is 2.66. The molecule has 3 saturated carbocycles. The summed E-state index contributed by atoms with van der Waals surface area (Å²) in [6, 6.07) is 0.166. The van der Waals surface area contributed by atoms with Gasteiger partial charge in [0.15, 0.2) is 5.79 Å². The lowest BCUT2D eigenvalue weighted by Crippen LogP contribution is -2.55. The van der Waals surface area contributed by atoms with E-state index in [0.29, 0.717) is 11.3 Å². The van der Waals surface area contributed by atoms with E-state index in [9.17, 15) is 0 Å². The van der Waals surface area contributed by atoms with Gasteiger partial charge in [-0.25, -0.2) is 0 Å². The molecule has 5 heteroatoms. The van der Waals surface area contributed by atoms with Crippen molar-refractivity contribution < 1.29 is 9.47 Å². The van der Waals surface area contributed by atoms with Crippen LogP contribution >= 0.6 is 0 Å². The maximum absolute atomic E-state index is 8.81. The van der Waals surface area contributed by atoms with Crippen LogP contribution in [0, 0.1) is 28.6 Å². The van der Waals surface area contributed by atoms with Crippen molar-refractivity contribution in [1.82, 2.24) is 0 Å². The van der Waals surface area contributed by atoms with Crippen LogP contribution in [0.1, 0.15) is 65.2 Å². The number of hydrogen-bond acceptors (Lipinski definition) is 3. The van der Waals surface area contributed by atoms with E-state index >= 15 is 0 Å². The molecule has 1 aliphatic heterocycles. The third-order valence-electron chi connectivity index (χ3n) is 9.09. The third-order valence-corrected chi connectivity index (χ3v) is 9.09. The average molecular weight is 357 g/mol. The second-order valence-corrected chi connectivity index (χ2v) is 9.81. The van der Waals surface area contributed by atoms with Crippen LogP contribution in [-0.2, 0) is 9.47 Å². The Bertz CT molecular complexity index is 679. The second kappa shape index (κ2) is 5.73. The molecule has 1 unspecified atom stereocenters. The Morgan fingerprint density at radius 3 is 2.62 bits per heavy atom. The van der Waals surface area contributed by atoms with Gasteiger partial charge in [-0.3, -0.25) is 0 Å². The summed E-state index contributed by atoms with van der Waals surface area (Å²) in [5.74, 6) is 1.94. The largest absolute Gasteiger partial charge is 0.347 e. The molecule has 5 rings (SSSR count). The van der Waals surface area contributed by atoms with Crippen LogP contribution in [0.4, 0.5) is 0 Å². The molecule has 0 aromatic rings. The molecule has 0 N–H and O–H groups in total. The van der Waals surface area contributed by atoms with Crippen molar-refractivity contribution in [2.45, 2.75) is 77.0 Å². The number of rotatable bonds is 1. The Morgan fingerprint density at radius 1 is 1.08 bits per heavy atom. The highest BCUT2D eigenvalue weighted by atomic mass is 16.7. The zero-order chi connectivity index (χ0) is 18.0. The van der Waals surface area contributed by atoms with Gasteiger partial charge in [-0.15, -0.1) is 0 Å². The summed E-state index contributed by atoms with van der Waals surface area (Å²) >= 11 is 0. The number of nitrogens with zero attached hydrogens (tertiary/aromatic N) is 3. The first-order valence-electron chi connectivity index (χ1n) is 10.5. The molecule has 0 aromatic carbocycles. The molecule has 6 atom stereocenters. The normalized spacial score (nSPS) is 48.9. The van der Waals surface area contributed by atoms with E-state index in [1.165, 1.54) is 32.1 Å². The molecule has 0 radical (unpaired) electrons. The first-order chi connectivity index (χ1) is 12.5. The highest BCUT2D eigenvalue weighted by molar-refractivity contribution is 5.26. The van der Waals surface area contributed by atoms with Crippen molar-refractivity contribution in [1.29, 1.82) is 0 Å². The van der Waals surface area contributed by atoms with Crippen molar-refractivity contribution in [2.75, 3.05) is 13.2 Å². The summed E-state index contributed by atoms with van der Waals surface area (Å²) in [7, 11) is 0. The molecule has 26 heavy (non-hydrogen) atoms. The van der Waals surface area contributed by atoms with Gasteiger partial charge in [0.1, 0.15) is 0 Å². The number of azide groups is 1. The van der Waals surface area contributed by atoms with Gasteiger partial charge >= 0.3 is 0 Å². The van der Waals surface area contributed by atoms with E-state index in [0.717, 1.165) is 44.3 Å². The Morgan fingerprint density at radius 2 is 1.85 bits per heavy atom. The molecule has 5 nitrogen and oxygen atoms in total. The van der Waals surface area contributed by atoms with Gasteiger partial charge in [0.2, 0.25) is 0 Å². The first-order valence-corrected chi connectivity index (χ1v) is 10.5. The van der Waals surface area contributed by atoms with Crippen molar-refractivity contribution in [2.24, 2.45) is 33.7 Å². The van der Waals surface area contributed by atoms with Crippen LogP contribution in [0.5, 0.6) is 0 Å². The first kappa shape index (κ1) is 17.1. The summed E-state index contributed by atoms with van der Waals surface area (Å²) < 4.78 is 12.5. The lowest BCUT2D eigenvalue weighted by atomic mass is 9.47. The van der Waals surface area contributed by atoms with E-state index in [1.54, 1.807) is 5.57 Å². The van der Waals surface area contributed by atoms with Crippen molar-refractivity contribution in [3.8, 4) is 0 Å². The fraction of sp³-hybridized carbons (Fsp3) is 0.905. The van der Waals surface area contributed by atoms with Crippen LogP contribution in [-0.4, -0.2) is 25.0 Å². The van der Waals surface area contributed by atoms with E-state index < -0.39 is 0 Å². The molecule has 142 valence electrons. The number of ether oxygens (including phenoxy) is 2. The minimum atomic E-state index is -0.299. The summed E-state index contributed by atoms with van der Waals surface area (Å²) in [6.45, 7) is 6.47. The van der Waals surface area contributed by atoms with Crippen LogP contribution < -0.4 is 0 Å². The number of hydrogen-bond donors (Lipinski definition) is 0. The monoisotopic (exact) mass is 357 g/mol. The fourth-order valence-corrected chi connectivity index (χ4v) is 7.70. The van der Waals surface area contributed by atoms with E-state index in [4.69, 9.17) is 15.0 Å². The van der Waals surface area contributed by atoms with Crippen LogP contribution in [0.3, 0.4) is 0 Å². The molecule has 4 aliphatic carbocycles. The Kier molecular flexibility index (Phi) is 3.77. The molecular formula is C21H31N3O2. The molecule has 0 bridgehead atoms. The van der Waals surface area contributed by atoms with Gasteiger partial charge < -0.3 is 9.47 Å². The maximum atomic E-state index is 8.81. The maximum Gasteiger partial charge on any atom is 0.174 e. The summed E-state index contributed by atoms with van der Waals surface area (Å²) in [5, 5.41) is 4.03. The van der Waals surface area contributed by atoms with E-state index in [1.807, 2.05) is 0 Å². The molecule has 0 aromatic heterocycles.